The standard InChI is InChI=1S/C13H18N2O/c1-11-12(6-5-8-14-11)13-7-3-2-4-9-15(13)10-16/h5-6,8,10,13H,2-4,7,9H2,1H3. The Morgan fingerprint density at radius 2 is 2.31 bits per heavy atom. The minimum Gasteiger partial charge on any atom is -0.338 e. The highest BCUT2D eigenvalue weighted by Gasteiger charge is 2.22. The predicted molar refractivity (Wildman–Crippen MR) is 63.0 cm³/mol. The van der Waals surface area contributed by atoms with E-state index in [4.69, 9.17) is 0 Å². The minimum absolute atomic E-state index is 0.230. The molecule has 1 aliphatic heterocycles. The summed E-state index contributed by atoms with van der Waals surface area (Å²) in [5.41, 5.74) is 2.25. The number of hydrogen-bond donors (Lipinski definition) is 0. The number of aryl methyl sites for hydroxylation is 1. The Morgan fingerprint density at radius 3 is 3.06 bits per heavy atom. The van der Waals surface area contributed by atoms with Crippen LogP contribution in [-0.2, 0) is 4.79 Å². The molecule has 1 aromatic rings. The quantitative estimate of drug-likeness (QED) is 0.714. The number of nitrogens with zero attached hydrogens (tertiary/aromatic N) is 2. The van der Waals surface area contributed by atoms with E-state index in [1.54, 1.807) is 6.20 Å². The molecule has 0 bridgehead atoms. The Hall–Kier alpha value is -1.38. The van der Waals surface area contributed by atoms with Gasteiger partial charge < -0.3 is 4.90 Å². The lowest BCUT2D eigenvalue weighted by Crippen LogP contribution is -2.27. The molecule has 1 unspecified atom stereocenters. The lowest BCUT2D eigenvalue weighted by atomic mass is 10.00. The van der Waals surface area contributed by atoms with Crippen LogP contribution >= 0.6 is 0 Å². The number of likely N-dealkylation sites (tertiary alicyclic amines) is 1. The van der Waals surface area contributed by atoms with Crippen molar-refractivity contribution in [2.45, 2.75) is 38.6 Å². The number of pyridine rings is 1. The lowest BCUT2D eigenvalue weighted by molar-refractivity contribution is -0.120. The van der Waals surface area contributed by atoms with Crippen LogP contribution in [0.5, 0.6) is 0 Å². The molecule has 1 aliphatic rings. The van der Waals surface area contributed by atoms with Gasteiger partial charge in [-0.3, -0.25) is 9.78 Å². The van der Waals surface area contributed by atoms with Gasteiger partial charge in [-0.2, -0.15) is 0 Å². The maximum Gasteiger partial charge on any atom is 0.210 e. The van der Waals surface area contributed by atoms with E-state index in [9.17, 15) is 4.79 Å². The van der Waals surface area contributed by atoms with Crippen LogP contribution in [0.4, 0.5) is 0 Å². The van der Waals surface area contributed by atoms with E-state index in [-0.39, 0.29) is 6.04 Å². The number of carbonyl (C=O) groups is 1. The van der Waals surface area contributed by atoms with Crippen molar-refractivity contribution in [1.82, 2.24) is 9.88 Å². The Morgan fingerprint density at radius 1 is 1.44 bits per heavy atom. The van der Waals surface area contributed by atoms with Gasteiger partial charge in [-0.1, -0.05) is 18.9 Å². The Kier molecular flexibility index (Phi) is 3.54. The number of amides is 1. The summed E-state index contributed by atoms with van der Waals surface area (Å²) in [6.45, 7) is 2.89. The van der Waals surface area contributed by atoms with Crippen molar-refractivity contribution < 1.29 is 4.79 Å². The molecule has 1 aromatic heterocycles. The Bertz CT molecular complexity index is 365. The van der Waals surface area contributed by atoms with Gasteiger partial charge in [0.15, 0.2) is 0 Å². The van der Waals surface area contributed by atoms with Gasteiger partial charge in [-0.25, -0.2) is 0 Å². The van der Waals surface area contributed by atoms with E-state index in [2.05, 4.69) is 11.1 Å². The van der Waals surface area contributed by atoms with Gasteiger partial charge >= 0.3 is 0 Å². The predicted octanol–water partition coefficient (Wildman–Crippen LogP) is 2.46. The SMILES string of the molecule is Cc1ncccc1C1CCCCCN1C=O. The largest absolute Gasteiger partial charge is 0.338 e. The summed E-state index contributed by atoms with van der Waals surface area (Å²) in [5, 5.41) is 0. The molecule has 0 saturated carbocycles. The highest BCUT2D eigenvalue weighted by atomic mass is 16.1. The zero-order chi connectivity index (χ0) is 11.4. The van der Waals surface area contributed by atoms with E-state index in [0.29, 0.717) is 0 Å². The van der Waals surface area contributed by atoms with Crippen LogP contribution in [0.15, 0.2) is 18.3 Å². The van der Waals surface area contributed by atoms with Crippen LogP contribution in [0.3, 0.4) is 0 Å². The molecule has 0 N–H and O–H groups in total. The molecule has 0 spiro atoms. The molecule has 3 nitrogen and oxygen atoms in total. The summed E-state index contributed by atoms with van der Waals surface area (Å²) in [7, 11) is 0. The molecule has 1 atom stereocenters. The van der Waals surface area contributed by atoms with Crippen LogP contribution in [0.2, 0.25) is 0 Å². The number of carbonyl (C=O) groups excluding carboxylic acids is 1. The van der Waals surface area contributed by atoms with Crippen LogP contribution in [-0.4, -0.2) is 22.8 Å². The molecule has 1 fully saturated rings. The molecule has 2 rings (SSSR count). The summed E-state index contributed by atoms with van der Waals surface area (Å²) >= 11 is 0. The summed E-state index contributed by atoms with van der Waals surface area (Å²) in [5.74, 6) is 0. The van der Waals surface area contributed by atoms with Gasteiger partial charge in [-0.15, -0.1) is 0 Å². The number of hydrogen-bond acceptors (Lipinski definition) is 2. The van der Waals surface area contributed by atoms with E-state index in [1.165, 1.54) is 18.4 Å². The molecular formula is C13H18N2O. The average Bonchev–Trinajstić information content (AvgIpc) is 2.54. The van der Waals surface area contributed by atoms with Crippen LogP contribution in [0, 0.1) is 6.92 Å². The maximum atomic E-state index is 11.1. The van der Waals surface area contributed by atoms with Gasteiger partial charge in [0.1, 0.15) is 0 Å². The number of aromatic nitrogens is 1. The fraction of sp³-hybridized carbons (Fsp3) is 0.538. The third-order valence-corrected chi connectivity index (χ3v) is 3.34. The summed E-state index contributed by atoms with van der Waals surface area (Å²) in [6, 6.07) is 4.28. The van der Waals surface area contributed by atoms with Crippen LogP contribution in [0.1, 0.15) is 43.0 Å². The van der Waals surface area contributed by atoms with Gasteiger partial charge in [0.2, 0.25) is 6.41 Å². The highest BCUT2D eigenvalue weighted by molar-refractivity contribution is 5.49. The fourth-order valence-electron chi connectivity index (χ4n) is 2.44. The molecular weight excluding hydrogens is 200 g/mol. The van der Waals surface area contributed by atoms with E-state index < -0.39 is 0 Å². The van der Waals surface area contributed by atoms with Crippen molar-refractivity contribution in [1.29, 1.82) is 0 Å². The van der Waals surface area contributed by atoms with Crippen molar-refractivity contribution in [2.24, 2.45) is 0 Å². The van der Waals surface area contributed by atoms with Crippen molar-refractivity contribution >= 4 is 6.41 Å². The van der Waals surface area contributed by atoms with E-state index in [1.807, 2.05) is 17.9 Å². The third-order valence-electron chi connectivity index (χ3n) is 3.34. The first-order valence-electron chi connectivity index (χ1n) is 5.95. The molecule has 0 aliphatic carbocycles. The van der Waals surface area contributed by atoms with Gasteiger partial charge in [-0.05, 0) is 31.4 Å². The van der Waals surface area contributed by atoms with Crippen molar-refractivity contribution in [3.8, 4) is 0 Å². The smallest absolute Gasteiger partial charge is 0.210 e. The van der Waals surface area contributed by atoms with Crippen LogP contribution < -0.4 is 0 Å². The molecule has 1 saturated heterocycles. The maximum absolute atomic E-state index is 11.1. The molecule has 2 heterocycles. The van der Waals surface area contributed by atoms with E-state index >= 15 is 0 Å². The molecule has 86 valence electrons. The third kappa shape index (κ3) is 2.23. The Labute approximate surface area is 96.5 Å². The second-order valence-corrected chi connectivity index (χ2v) is 4.39. The summed E-state index contributed by atoms with van der Waals surface area (Å²) in [4.78, 5) is 17.4. The van der Waals surface area contributed by atoms with Crippen molar-refractivity contribution in [3.63, 3.8) is 0 Å². The van der Waals surface area contributed by atoms with Gasteiger partial charge in [0.25, 0.3) is 0 Å². The van der Waals surface area contributed by atoms with Gasteiger partial charge in [0, 0.05) is 18.4 Å². The zero-order valence-electron chi connectivity index (χ0n) is 9.72. The monoisotopic (exact) mass is 218 g/mol. The lowest BCUT2D eigenvalue weighted by Gasteiger charge is -2.27. The normalized spacial score (nSPS) is 21.6. The second kappa shape index (κ2) is 5.10. The minimum atomic E-state index is 0.230. The molecule has 16 heavy (non-hydrogen) atoms. The highest BCUT2D eigenvalue weighted by Crippen LogP contribution is 2.29. The molecule has 1 amide bonds. The fourth-order valence-corrected chi connectivity index (χ4v) is 2.44. The summed E-state index contributed by atoms with van der Waals surface area (Å²) in [6.07, 6.45) is 7.40. The van der Waals surface area contributed by atoms with Gasteiger partial charge in [0.05, 0.1) is 6.04 Å². The molecule has 3 heteroatoms. The topological polar surface area (TPSA) is 33.2 Å². The summed E-state index contributed by atoms with van der Waals surface area (Å²) < 4.78 is 0. The average molecular weight is 218 g/mol. The molecule has 0 radical (unpaired) electrons. The van der Waals surface area contributed by atoms with Crippen molar-refractivity contribution in [2.75, 3.05) is 6.54 Å². The van der Waals surface area contributed by atoms with E-state index in [0.717, 1.165) is 31.5 Å². The first-order chi connectivity index (χ1) is 7.83. The first-order valence-corrected chi connectivity index (χ1v) is 5.95. The van der Waals surface area contributed by atoms with Crippen molar-refractivity contribution in [3.05, 3.63) is 29.6 Å². The second-order valence-electron chi connectivity index (χ2n) is 4.39. The Balaban J connectivity index is 2.28. The first kappa shape index (κ1) is 11.1. The zero-order valence-corrected chi connectivity index (χ0v) is 9.72. The molecule has 0 aromatic carbocycles. The van der Waals surface area contributed by atoms with Crippen LogP contribution in [0.25, 0.3) is 0 Å². The number of rotatable bonds is 2.